The standard InChI is InChI=1S/C13H17FN4O/c1-15-8-16-13(19)11-7-12(18(2)17-11)9-5-3-4-6-10(9)14/h3-7,12,15,17H,8H2,1-2H3,(H,16,19). The van der Waals surface area contributed by atoms with Crippen LogP contribution in [0.4, 0.5) is 4.39 Å². The molecule has 1 aromatic carbocycles. The summed E-state index contributed by atoms with van der Waals surface area (Å²) in [6.07, 6.45) is 1.71. The summed E-state index contributed by atoms with van der Waals surface area (Å²) in [5, 5.41) is 7.21. The highest BCUT2D eigenvalue weighted by Gasteiger charge is 2.27. The molecular weight excluding hydrogens is 247 g/mol. The first-order chi connectivity index (χ1) is 9.13. The van der Waals surface area contributed by atoms with Crippen LogP contribution in [0.1, 0.15) is 11.6 Å². The van der Waals surface area contributed by atoms with Crippen molar-refractivity contribution in [3.05, 3.63) is 47.4 Å². The number of rotatable bonds is 4. The van der Waals surface area contributed by atoms with Crippen LogP contribution in [0.3, 0.4) is 0 Å². The first-order valence-corrected chi connectivity index (χ1v) is 6.02. The minimum atomic E-state index is -0.295. The van der Waals surface area contributed by atoms with Gasteiger partial charge in [-0.05, 0) is 19.2 Å². The zero-order valence-corrected chi connectivity index (χ0v) is 10.9. The lowest BCUT2D eigenvalue weighted by Crippen LogP contribution is -2.38. The average Bonchev–Trinajstić information content (AvgIpc) is 2.78. The molecule has 0 aliphatic carbocycles. The maximum absolute atomic E-state index is 13.8. The molecule has 0 fully saturated rings. The number of hydrogen-bond donors (Lipinski definition) is 3. The van der Waals surface area contributed by atoms with Crippen LogP contribution in [0.25, 0.3) is 0 Å². The van der Waals surface area contributed by atoms with E-state index in [0.717, 1.165) is 0 Å². The number of carbonyl (C=O) groups is 1. The van der Waals surface area contributed by atoms with Crippen molar-refractivity contribution in [2.75, 3.05) is 20.8 Å². The lowest BCUT2D eigenvalue weighted by atomic mass is 10.1. The molecule has 0 bridgehead atoms. The molecule has 19 heavy (non-hydrogen) atoms. The molecule has 1 aromatic rings. The third kappa shape index (κ3) is 2.91. The maximum atomic E-state index is 13.8. The van der Waals surface area contributed by atoms with Gasteiger partial charge in [0.1, 0.15) is 11.5 Å². The Kier molecular flexibility index (Phi) is 4.13. The molecule has 1 aliphatic heterocycles. The number of likely N-dealkylation sites (N-methyl/N-ethyl adjacent to an activating group) is 1. The maximum Gasteiger partial charge on any atom is 0.269 e. The monoisotopic (exact) mass is 264 g/mol. The Morgan fingerprint density at radius 2 is 2.21 bits per heavy atom. The van der Waals surface area contributed by atoms with Crippen LogP contribution in [0, 0.1) is 5.82 Å². The van der Waals surface area contributed by atoms with Gasteiger partial charge < -0.3 is 16.1 Å². The largest absolute Gasteiger partial charge is 0.338 e. The summed E-state index contributed by atoms with van der Waals surface area (Å²) in [5.74, 6) is -0.505. The number of nitrogens with one attached hydrogen (secondary N) is 3. The fraction of sp³-hybridized carbons (Fsp3) is 0.308. The van der Waals surface area contributed by atoms with Gasteiger partial charge in [-0.15, -0.1) is 0 Å². The molecule has 2 rings (SSSR count). The molecule has 0 spiro atoms. The molecule has 102 valence electrons. The van der Waals surface area contributed by atoms with Gasteiger partial charge in [0.2, 0.25) is 0 Å². The predicted octanol–water partition coefficient (Wildman–Crippen LogP) is 0.494. The van der Waals surface area contributed by atoms with Crippen LogP contribution in [-0.4, -0.2) is 31.7 Å². The number of benzene rings is 1. The van der Waals surface area contributed by atoms with Gasteiger partial charge >= 0.3 is 0 Å². The number of halogens is 1. The fourth-order valence-electron chi connectivity index (χ4n) is 1.97. The molecule has 1 unspecified atom stereocenters. The summed E-state index contributed by atoms with van der Waals surface area (Å²) in [5.41, 5.74) is 3.88. The topological polar surface area (TPSA) is 56.4 Å². The van der Waals surface area contributed by atoms with E-state index in [2.05, 4.69) is 16.1 Å². The van der Waals surface area contributed by atoms with E-state index >= 15 is 0 Å². The van der Waals surface area contributed by atoms with Crippen LogP contribution >= 0.6 is 0 Å². The van der Waals surface area contributed by atoms with Gasteiger partial charge in [0.15, 0.2) is 0 Å². The molecule has 6 heteroatoms. The first-order valence-electron chi connectivity index (χ1n) is 6.02. The molecule has 1 atom stereocenters. The van der Waals surface area contributed by atoms with Gasteiger partial charge in [0.25, 0.3) is 5.91 Å². The van der Waals surface area contributed by atoms with E-state index < -0.39 is 0 Å². The molecule has 3 N–H and O–H groups in total. The van der Waals surface area contributed by atoms with Crippen molar-refractivity contribution in [3.8, 4) is 0 Å². The molecule has 0 radical (unpaired) electrons. The third-order valence-corrected chi connectivity index (χ3v) is 2.93. The fourth-order valence-corrected chi connectivity index (χ4v) is 1.97. The summed E-state index contributed by atoms with van der Waals surface area (Å²) < 4.78 is 13.8. The minimum absolute atomic E-state index is 0.222. The zero-order valence-electron chi connectivity index (χ0n) is 10.9. The Labute approximate surface area is 111 Å². The summed E-state index contributed by atoms with van der Waals surface area (Å²) in [4.78, 5) is 11.8. The van der Waals surface area contributed by atoms with Gasteiger partial charge in [-0.2, -0.15) is 0 Å². The van der Waals surface area contributed by atoms with Crippen molar-refractivity contribution in [2.24, 2.45) is 0 Å². The Morgan fingerprint density at radius 3 is 2.89 bits per heavy atom. The minimum Gasteiger partial charge on any atom is -0.338 e. The highest BCUT2D eigenvalue weighted by atomic mass is 19.1. The van der Waals surface area contributed by atoms with Gasteiger partial charge in [-0.1, -0.05) is 18.2 Å². The van der Waals surface area contributed by atoms with Crippen LogP contribution in [0.15, 0.2) is 36.0 Å². The lowest BCUT2D eigenvalue weighted by molar-refractivity contribution is -0.118. The van der Waals surface area contributed by atoms with Crippen LogP contribution in [0.5, 0.6) is 0 Å². The van der Waals surface area contributed by atoms with Crippen molar-refractivity contribution < 1.29 is 9.18 Å². The molecule has 1 aliphatic rings. The van der Waals surface area contributed by atoms with Gasteiger partial charge in [0.05, 0.1) is 12.7 Å². The second-order valence-electron chi connectivity index (χ2n) is 4.31. The Hall–Kier alpha value is -1.92. The zero-order chi connectivity index (χ0) is 13.8. The molecule has 1 heterocycles. The summed E-state index contributed by atoms with van der Waals surface area (Å²) in [7, 11) is 3.51. The van der Waals surface area contributed by atoms with E-state index in [9.17, 15) is 9.18 Å². The van der Waals surface area contributed by atoms with Crippen molar-refractivity contribution in [1.82, 2.24) is 21.1 Å². The quantitative estimate of drug-likeness (QED) is 0.693. The van der Waals surface area contributed by atoms with Gasteiger partial charge in [-0.25, -0.2) is 9.40 Å². The molecular formula is C13H17FN4O. The Balaban J connectivity index is 2.17. The second kappa shape index (κ2) is 5.81. The lowest BCUT2D eigenvalue weighted by Gasteiger charge is -2.20. The normalized spacial score (nSPS) is 18.9. The molecule has 1 amide bonds. The van der Waals surface area contributed by atoms with Crippen LogP contribution < -0.4 is 16.1 Å². The van der Waals surface area contributed by atoms with E-state index in [4.69, 9.17) is 0 Å². The van der Waals surface area contributed by atoms with E-state index in [1.54, 1.807) is 43.4 Å². The average molecular weight is 264 g/mol. The van der Waals surface area contributed by atoms with E-state index in [1.807, 2.05) is 0 Å². The second-order valence-corrected chi connectivity index (χ2v) is 4.31. The van der Waals surface area contributed by atoms with Crippen molar-refractivity contribution in [2.45, 2.75) is 6.04 Å². The number of hydrazine groups is 1. The van der Waals surface area contributed by atoms with E-state index in [1.165, 1.54) is 6.07 Å². The van der Waals surface area contributed by atoms with E-state index in [0.29, 0.717) is 17.9 Å². The Morgan fingerprint density at radius 1 is 1.47 bits per heavy atom. The van der Waals surface area contributed by atoms with Crippen molar-refractivity contribution in [3.63, 3.8) is 0 Å². The molecule has 0 aromatic heterocycles. The summed E-state index contributed by atoms with van der Waals surface area (Å²) in [6.45, 7) is 0.381. The van der Waals surface area contributed by atoms with Crippen molar-refractivity contribution in [1.29, 1.82) is 0 Å². The number of amides is 1. The summed E-state index contributed by atoms with van der Waals surface area (Å²) >= 11 is 0. The molecule has 0 saturated heterocycles. The third-order valence-electron chi connectivity index (χ3n) is 2.93. The van der Waals surface area contributed by atoms with Gasteiger partial charge in [-0.3, -0.25) is 4.79 Å². The SMILES string of the molecule is CNCNC(=O)C1=CC(c2ccccc2F)N(C)N1. The van der Waals surface area contributed by atoms with Gasteiger partial charge in [0, 0.05) is 12.6 Å². The van der Waals surface area contributed by atoms with Crippen LogP contribution in [0.2, 0.25) is 0 Å². The summed E-state index contributed by atoms with van der Waals surface area (Å²) in [6, 6.07) is 6.25. The first kappa shape index (κ1) is 13.5. The molecule has 0 saturated carbocycles. The van der Waals surface area contributed by atoms with E-state index in [-0.39, 0.29) is 17.8 Å². The number of carbonyl (C=O) groups excluding carboxylic acids is 1. The molecule has 5 nitrogen and oxygen atoms in total. The highest BCUT2D eigenvalue weighted by Crippen LogP contribution is 2.27. The van der Waals surface area contributed by atoms with Crippen molar-refractivity contribution >= 4 is 5.91 Å². The Bertz CT molecular complexity index is 503. The number of hydrogen-bond acceptors (Lipinski definition) is 4. The number of nitrogens with zero attached hydrogens (tertiary/aromatic N) is 1. The highest BCUT2D eigenvalue weighted by molar-refractivity contribution is 5.93. The van der Waals surface area contributed by atoms with Crippen LogP contribution in [-0.2, 0) is 4.79 Å². The predicted molar refractivity (Wildman–Crippen MR) is 70.2 cm³/mol. The smallest absolute Gasteiger partial charge is 0.269 e.